The van der Waals surface area contributed by atoms with Crippen LogP contribution in [0.3, 0.4) is 0 Å². The topological polar surface area (TPSA) is 27.7 Å². The molecule has 1 aliphatic heterocycles. The Morgan fingerprint density at radius 3 is 2.33 bits per heavy atom. The molecule has 0 amide bonds. The first kappa shape index (κ1) is 13.5. The molecule has 0 spiro atoms. The number of hydrogen-bond donors (Lipinski definition) is 0. The summed E-state index contributed by atoms with van der Waals surface area (Å²) in [5, 5.41) is 0. The van der Waals surface area contributed by atoms with Crippen molar-refractivity contribution in [3.05, 3.63) is 35.9 Å². The van der Waals surface area contributed by atoms with Gasteiger partial charge in [-0.2, -0.15) is 0 Å². The van der Waals surface area contributed by atoms with E-state index in [0.717, 1.165) is 0 Å². The van der Waals surface area contributed by atoms with Crippen LogP contribution in [0.25, 0.3) is 0 Å². The Labute approximate surface area is 109 Å². The highest BCUT2D eigenvalue weighted by Crippen LogP contribution is 2.36. The van der Waals surface area contributed by atoms with E-state index in [0.29, 0.717) is 13.2 Å². The summed E-state index contributed by atoms with van der Waals surface area (Å²) < 4.78 is 17.4. The summed E-state index contributed by atoms with van der Waals surface area (Å²) in [4.78, 5) is 0. The molecule has 2 rings (SSSR count). The highest BCUT2D eigenvalue weighted by molar-refractivity contribution is 5.13. The third-order valence-corrected chi connectivity index (χ3v) is 3.09. The van der Waals surface area contributed by atoms with E-state index in [1.807, 2.05) is 45.9 Å². The lowest BCUT2D eigenvalue weighted by Crippen LogP contribution is -2.36. The molecule has 100 valence electrons. The summed E-state index contributed by atoms with van der Waals surface area (Å²) in [5.74, 6) is -0.524. The molecule has 1 aromatic carbocycles. The Hall–Kier alpha value is -0.900. The summed E-state index contributed by atoms with van der Waals surface area (Å²) in [6, 6.07) is 10.1. The largest absolute Gasteiger partial charge is 0.374 e. The van der Waals surface area contributed by atoms with Gasteiger partial charge in [-0.15, -0.1) is 0 Å². The molecule has 0 N–H and O–H groups in total. The van der Waals surface area contributed by atoms with Crippen LogP contribution < -0.4 is 0 Å². The zero-order valence-electron chi connectivity index (χ0n) is 11.6. The monoisotopic (exact) mass is 250 g/mol. The van der Waals surface area contributed by atoms with Crippen LogP contribution in [0.2, 0.25) is 0 Å². The average molecular weight is 250 g/mol. The second-order valence-electron chi connectivity index (χ2n) is 5.71. The van der Waals surface area contributed by atoms with Gasteiger partial charge in [-0.1, -0.05) is 30.3 Å². The van der Waals surface area contributed by atoms with Gasteiger partial charge in [0.25, 0.3) is 0 Å². The highest BCUT2D eigenvalue weighted by atomic mass is 16.8. The van der Waals surface area contributed by atoms with Crippen LogP contribution in [0.5, 0.6) is 0 Å². The second kappa shape index (κ2) is 5.00. The standard InChI is InChI=1S/C15H22O3/c1-14(2)13(17-15(3,4)18-14)11-16-10-12-8-6-5-7-9-12/h5-9,13H,10-11H2,1-4H3/t13-/m0/s1. The molecule has 0 aliphatic carbocycles. The lowest BCUT2D eigenvalue weighted by Gasteiger charge is -2.23. The highest BCUT2D eigenvalue weighted by Gasteiger charge is 2.46. The first-order valence-electron chi connectivity index (χ1n) is 6.39. The smallest absolute Gasteiger partial charge is 0.164 e. The van der Waals surface area contributed by atoms with Crippen molar-refractivity contribution in [2.75, 3.05) is 6.61 Å². The van der Waals surface area contributed by atoms with Crippen LogP contribution in [0.1, 0.15) is 33.3 Å². The van der Waals surface area contributed by atoms with E-state index in [4.69, 9.17) is 14.2 Å². The molecule has 1 heterocycles. The fourth-order valence-corrected chi connectivity index (χ4v) is 2.30. The van der Waals surface area contributed by atoms with Crippen molar-refractivity contribution in [3.63, 3.8) is 0 Å². The third-order valence-electron chi connectivity index (χ3n) is 3.09. The fourth-order valence-electron chi connectivity index (χ4n) is 2.30. The van der Waals surface area contributed by atoms with Crippen LogP contribution in [0, 0.1) is 0 Å². The third kappa shape index (κ3) is 3.31. The van der Waals surface area contributed by atoms with E-state index in [-0.39, 0.29) is 11.7 Å². The van der Waals surface area contributed by atoms with Gasteiger partial charge in [0.15, 0.2) is 5.79 Å². The summed E-state index contributed by atoms with van der Waals surface area (Å²) in [5.41, 5.74) is 0.869. The maximum atomic E-state index is 5.85. The molecule has 3 nitrogen and oxygen atoms in total. The van der Waals surface area contributed by atoms with Crippen LogP contribution in [0.15, 0.2) is 30.3 Å². The summed E-state index contributed by atoms with van der Waals surface area (Å²) in [6.45, 7) is 9.11. The number of benzene rings is 1. The molecule has 1 aliphatic rings. The van der Waals surface area contributed by atoms with Gasteiger partial charge in [0, 0.05) is 0 Å². The molecule has 1 atom stereocenters. The molecule has 0 unspecified atom stereocenters. The van der Waals surface area contributed by atoms with Crippen LogP contribution in [-0.4, -0.2) is 24.1 Å². The van der Waals surface area contributed by atoms with Crippen molar-refractivity contribution in [1.82, 2.24) is 0 Å². The van der Waals surface area contributed by atoms with Gasteiger partial charge in [-0.05, 0) is 33.3 Å². The molecule has 0 saturated carbocycles. The minimum absolute atomic E-state index is 0.0313. The Bertz CT molecular complexity index is 384. The van der Waals surface area contributed by atoms with Gasteiger partial charge < -0.3 is 14.2 Å². The summed E-state index contributed by atoms with van der Waals surface area (Å²) >= 11 is 0. The quantitative estimate of drug-likeness (QED) is 0.821. The number of ether oxygens (including phenoxy) is 3. The van der Waals surface area contributed by atoms with Gasteiger partial charge >= 0.3 is 0 Å². The number of rotatable bonds is 4. The Balaban J connectivity index is 1.84. The molecule has 3 heteroatoms. The zero-order valence-corrected chi connectivity index (χ0v) is 11.6. The molecule has 18 heavy (non-hydrogen) atoms. The second-order valence-corrected chi connectivity index (χ2v) is 5.71. The van der Waals surface area contributed by atoms with Crippen molar-refractivity contribution in [3.8, 4) is 0 Å². The maximum Gasteiger partial charge on any atom is 0.164 e. The molecular weight excluding hydrogens is 228 g/mol. The minimum atomic E-state index is -0.524. The van der Waals surface area contributed by atoms with Gasteiger partial charge in [0.2, 0.25) is 0 Å². The van der Waals surface area contributed by atoms with Gasteiger partial charge in [-0.3, -0.25) is 0 Å². The van der Waals surface area contributed by atoms with Crippen molar-refractivity contribution in [1.29, 1.82) is 0 Å². The van der Waals surface area contributed by atoms with E-state index < -0.39 is 5.79 Å². The molecule has 1 fully saturated rings. The van der Waals surface area contributed by atoms with Gasteiger partial charge in [0.05, 0.1) is 18.8 Å². The van der Waals surface area contributed by atoms with Crippen molar-refractivity contribution >= 4 is 0 Å². The van der Waals surface area contributed by atoms with Crippen LogP contribution in [0.4, 0.5) is 0 Å². The fraction of sp³-hybridized carbons (Fsp3) is 0.600. The van der Waals surface area contributed by atoms with E-state index in [2.05, 4.69) is 12.1 Å². The summed E-state index contributed by atoms with van der Waals surface area (Å²) in [6.07, 6.45) is -0.0313. The lowest BCUT2D eigenvalue weighted by molar-refractivity contribution is -0.159. The van der Waals surface area contributed by atoms with E-state index in [1.54, 1.807) is 0 Å². The Morgan fingerprint density at radius 1 is 1.11 bits per heavy atom. The average Bonchev–Trinajstić information content (AvgIpc) is 2.48. The van der Waals surface area contributed by atoms with E-state index in [1.165, 1.54) is 5.56 Å². The van der Waals surface area contributed by atoms with E-state index >= 15 is 0 Å². The maximum absolute atomic E-state index is 5.85. The molecule has 0 bridgehead atoms. The SMILES string of the molecule is CC1(C)O[C@@H](COCc2ccccc2)C(C)(C)O1. The van der Waals surface area contributed by atoms with Crippen LogP contribution >= 0.6 is 0 Å². The molecular formula is C15H22O3. The molecule has 0 aromatic heterocycles. The predicted molar refractivity (Wildman–Crippen MR) is 70.2 cm³/mol. The molecule has 1 aromatic rings. The van der Waals surface area contributed by atoms with E-state index in [9.17, 15) is 0 Å². The summed E-state index contributed by atoms with van der Waals surface area (Å²) in [7, 11) is 0. The zero-order chi connectivity index (χ0) is 13.2. The molecule has 0 radical (unpaired) electrons. The first-order chi connectivity index (χ1) is 8.39. The molecule has 1 saturated heterocycles. The van der Waals surface area contributed by atoms with Crippen molar-refractivity contribution < 1.29 is 14.2 Å². The van der Waals surface area contributed by atoms with Gasteiger partial charge in [-0.25, -0.2) is 0 Å². The van der Waals surface area contributed by atoms with Gasteiger partial charge in [0.1, 0.15) is 6.10 Å². The number of hydrogen-bond acceptors (Lipinski definition) is 3. The Morgan fingerprint density at radius 2 is 1.78 bits per heavy atom. The first-order valence-corrected chi connectivity index (χ1v) is 6.39. The van der Waals surface area contributed by atoms with Crippen molar-refractivity contribution in [2.24, 2.45) is 0 Å². The van der Waals surface area contributed by atoms with Crippen molar-refractivity contribution in [2.45, 2.75) is 51.8 Å². The predicted octanol–water partition coefficient (Wildman–Crippen LogP) is 3.13. The lowest BCUT2D eigenvalue weighted by atomic mass is 10.0. The minimum Gasteiger partial charge on any atom is -0.374 e. The van der Waals surface area contributed by atoms with Crippen LogP contribution in [-0.2, 0) is 20.8 Å². The normalized spacial score (nSPS) is 25.2. The Kier molecular flexibility index (Phi) is 3.76.